The Morgan fingerprint density at radius 3 is 2.43 bits per heavy atom. The Morgan fingerprint density at radius 2 is 1.70 bits per heavy atom. The van der Waals surface area contributed by atoms with E-state index in [1.54, 1.807) is 0 Å². The normalized spacial score (nSPS) is 17.5. The first-order valence-corrected chi connectivity index (χ1v) is 8.05. The molecule has 1 heterocycles. The third-order valence-electron chi connectivity index (χ3n) is 4.36. The van der Waals surface area contributed by atoms with E-state index in [4.69, 9.17) is 0 Å². The summed E-state index contributed by atoms with van der Waals surface area (Å²) >= 11 is 0. The molecule has 1 N–H and O–H groups in total. The van der Waals surface area contributed by atoms with Crippen molar-refractivity contribution in [2.75, 3.05) is 0 Å². The van der Waals surface area contributed by atoms with E-state index in [0.29, 0.717) is 5.56 Å². The highest BCUT2D eigenvalue weighted by molar-refractivity contribution is 6.03. The first-order chi connectivity index (χ1) is 11.3. The summed E-state index contributed by atoms with van der Waals surface area (Å²) in [6, 6.07) is 18.4. The number of aliphatic imine (C=N–C) groups is 1. The summed E-state index contributed by atoms with van der Waals surface area (Å²) < 4.78 is 0. The quantitative estimate of drug-likeness (QED) is 0.704. The van der Waals surface area contributed by atoms with Gasteiger partial charge in [0.15, 0.2) is 0 Å². The van der Waals surface area contributed by atoms with Crippen molar-refractivity contribution < 1.29 is 4.79 Å². The maximum atomic E-state index is 12.4. The van der Waals surface area contributed by atoms with Crippen molar-refractivity contribution in [2.45, 2.75) is 25.4 Å². The molecule has 3 aromatic carbocycles. The molecule has 3 heteroatoms. The lowest BCUT2D eigenvalue weighted by molar-refractivity contribution is 0.0936. The SMILES string of the molecule is O=C(NC1CCCC=N1)c1ccc2cc3ccccc3cc2c1. The molecule has 0 radical (unpaired) electrons. The van der Waals surface area contributed by atoms with Crippen LogP contribution in [-0.2, 0) is 0 Å². The minimum atomic E-state index is -0.0800. The number of carbonyl (C=O) groups excluding carboxylic acids is 1. The van der Waals surface area contributed by atoms with Crippen molar-refractivity contribution in [3.05, 3.63) is 60.2 Å². The number of nitrogens with one attached hydrogen (secondary N) is 1. The zero-order chi connectivity index (χ0) is 15.6. The van der Waals surface area contributed by atoms with Gasteiger partial charge in [0.2, 0.25) is 0 Å². The van der Waals surface area contributed by atoms with E-state index in [2.05, 4.69) is 34.6 Å². The molecule has 1 amide bonds. The Hall–Kier alpha value is -2.68. The fourth-order valence-electron chi connectivity index (χ4n) is 3.10. The molecule has 3 aromatic rings. The molecule has 3 nitrogen and oxygen atoms in total. The highest BCUT2D eigenvalue weighted by atomic mass is 16.1. The van der Waals surface area contributed by atoms with E-state index in [1.807, 2.05) is 36.5 Å². The van der Waals surface area contributed by atoms with E-state index in [1.165, 1.54) is 10.8 Å². The van der Waals surface area contributed by atoms with E-state index in [0.717, 1.165) is 30.0 Å². The number of fused-ring (bicyclic) bond motifs is 2. The molecule has 0 spiro atoms. The molecule has 1 aliphatic heterocycles. The van der Waals surface area contributed by atoms with Crippen LogP contribution in [0.15, 0.2) is 59.6 Å². The van der Waals surface area contributed by atoms with Crippen molar-refractivity contribution in [3.63, 3.8) is 0 Å². The predicted octanol–water partition coefficient (Wildman–Crippen LogP) is 4.30. The zero-order valence-electron chi connectivity index (χ0n) is 12.8. The second-order valence-electron chi connectivity index (χ2n) is 6.01. The second kappa shape index (κ2) is 5.84. The van der Waals surface area contributed by atoms with Crippen LogP contribution in [0.1, 0.15) is 29.6 Å². The average molecular weight is 302 g/mol. The smallest absolute Gasteiger partial charge is 0.252 e. The Labute approximate surface area is 135 Å². The van der Waals surface area contributed by atoms with Crippen molar-refractivity contribution >= 4 is 33.7 Å². The lowest BCUT2D eigenvalue weighted by Crippen LogP contribution is -2.34. The van der Waals surface area contributed by atoms with Crippen LogP contribution in [0.3, 0.4) is 0 Å². The molecule has 1 atom stereocenters. The summed E-state index contributed by atoms with van der Waals surface area (Å²) in [4.78, 5) is 16.8. The number of carbonyl (C=O) groups is 1. The third-order valence-corrected chi connectivity index (χ3v) is 4.36. The first-order valence-electron chi connectivity index (χ1n) is 8.05. The standard InChI is InChI=1S/C20H18N2O/c23-20(22-19-7-3-4-10-21-19)17-9-8-16-11-14-5-1-2-6-15(14)12-18(16)13-17/h1-2,5-6,8-13,19H,3-4,7H2,(H,22,23). The van der Waals surface area contributed by atoms with Crippen LogP contribution in [0.2, 0.25) is 0 Å². The molecular weight excluding hydrogens is 284 g/mol. The molecule has 114 valence electrons. The summed E-state index contributed by atoms with van der Waals surface area (Å²) in [5, 5.41) is 7.64. The summed E-state index contributed by atoms with van der Waals surface area (Å²) in [5.74, 6) is -0.0518. The van der Waals surface area contributed by atoms with Crippen LogP contribution < -0.4 is 5.32 Å². The summed E-state index contributed by atoms with van der Waals surface area (Å²) in [5.41, 5.74) is 0.688. The number of benzene rings is 3. The maximum Gasteiger partial charge on any atom is 0.252 e. The highest BCUT2D eigenvalue weighted by Gasteiger charge is 2.14. The van der Waals surface area contributed by atoms with E-state index < -0.39 is 0 Å². The van der Waals surface area contributed by atoms with Crippen molar-refractivity contribution in [3.8, 4) is 0 Å². The highest BCUT2D eigenvalue weighted by Crippen LogP contribution is 2.24. The van der Waals surface area contributed by atoms with Crippen LogP contribution in [0, 0.1) is 0 Å². The van der Waals surface area contributed by atoms with Gasteiger partial charge in [-0.25, -0.2) is 0 Å². The van der Waals surface area contributed by atoms with Crippen LogP contribution in [0.4, 0.5) is 0 Å². The van der Waals surface area contributed by atoms with Gasteiger partial charge in [-0.1, -0.05) is 30.3 Å². The van der Waals surface area contributed by atoms with Crippen LogP contribution in [0.5, 0.6) is 0 Å². The first kappa shape index (κ1) is 13.9. The van der Waals surface area contributed by atoms with Crippen LogP contribution in [0.25, 0.3) is 21.5 Å². The Bertz CT molecular complexity index is 914. The van der Waals surface area contributed by atoms with Gasteiger partial charge in [0.05, 0.1) is 0 Å². The third kappa shape index (κ3) is 2.82. The van der Waals surface area contributed by atoms with Gasteiger partial charge in [-0.2, -0.15) is 0 Å². The lowest BCUT2D eigenvalue weighted by atomic mass is 10.0. The van der Waals surface area contributed by atoms with E-state index in [-0.39, 0.29) is 12.1 Å². The van der Waals surface area contributed by atoms with Gasteiger partial charge >= 0.3 is 0 Å². The largest absolute Gasteiger partial charge is 0.330 e. The number of nitrogens with zero attached hydrogens (tertiary/aromatic N) is 1. The van der Waals surface area contributed by atoms with Gasteiger partial charge < -0.3 is 5.32 Å². The van der Waals surface area contributed by atoms with E-state index >= 15 is 0 Å². The zero-order valence-corrected chi connectivity index (χ0v) is 12.8. The monoisotopic (exact) mass is 302 g/mol. The average Bonchev–Trinajstić information content (AvgIpc) is 2.60. The summed E-state index contributed by atoms with van der Waals surface area (Å²) in [7, 11) is 0. The van der Waals surface area contributed by atoms with Gasteiger partial charge in [0.1, 0.15) is 6.17 Å². The number of amides is 1. The molecule has 0 fully saturated rings. The molecule has 0 aromatic heterocycles. The van der Waals surface area contributed by atoms with Gasteiger partial charge in [0, 0.05) is 11.8 Å². The van der Waals surface area contributed by atoms with Crippen molar-refractivity contribution in [1.29, 1.82) is 0 Å². The number of rotatable bonds is 2. The molecule has 1 unspecified atom stereocenters. The Morgan fingerprint density at radius 1 is 0.957 bits per heavy atom. The molecule has 23 heavy (non-hydrogen) atoms. The summed E-state index contributed by atoms with van der Waals surface area (Å²) in [6.45, 7) is 0. The summed E-state index contributed by atoms with van der Waals surface area (Å²) in [6.07, 6.45) is 4.83. The molecule has 1 aliphatic rings. The van der Waals surface area contributed by atoms with Crippen LogP contribution >= 0.6 is 0 Å². The maximum absolute atomic E-state index is 12.4. The number of hydrogen-bond acceptors (Lipinski definition) is 2. The molecule has 0 saturated heterocycles. The molecule has 0 saturated carbocycles. The second-order valence-corrected chi connectivity index (χ2v) is 6.01. The number of hydrogen-bond donors (Lipinski definition) is 1. The van der Waals surface area contributed by atoms with Gasteiger partial charge in [0.25, 0.3) is 5.91 Å². The van der Waals surface area contributed by atoms with Crippen molar-refractivity contribution in [1.82, 2.24) is 5.32 Å². The minimum absolute atomic E-state index is 0.0518. The topological polar surface area (TPSA) is 41.5 Å². The predicted molar refractivity (Wildman–Crippen MR) is 95.1 cm³/mol. The fourth-order valence-corrected chi connectivity index (χ4v) is 3.10. The fraction of sp³-hybridized carbons (Fsp3) is 0.200. The molecule has 0 aliphatic carbocycles. The van der Waals surface area contributed by atoms with Gasteiger partial charge in [-0.15, -0.1) is 0 Å². The van der Waals surface area contributed by atoms with Crippen LogP contribution in [-0.4, -0.2) is 18.3 Å². The molecule has 0 bridgehead atoms. The van der Waals surface area contributed by atoms with E-state index in [9.17, 15) is 4.79 Å². The molecule has 4 rings (SSSR count). The Balaban J connectivity index is 1.67. The Kier molecular flexibility index (Phi) is 3.54. The van der Waals surface area contributed by atoms with Gasteiger partial charge in [-0.3, -0.25) is 9.79 Å². The van der Waals surface area contributed by atoms with Gasteiger partial charge in [-0.05, 0) is 65.1 Å². The van der Waals surface area contributed by atoms with Crippen molar-refractivity contribution in [2.24, 2.45) is 4.99 Å². The lowest BCUT2D eigenvalue weighted by Gasteiger charge is -2.17. The minimum Gasteiger partial charge on any atom is -0.330 e. The molecular formula is C20H18N2O.